The lowest BCUT2D eigenvalue weighted by Gasteiger charge is -2.13. The summed E-state index contributed by atoms with van der Waals surface area (Å²) in [6.45, 7) is 3.02. The predicted octanol–water partition coefficient (Wildman–Crippen LogP) is 5.29. The lowest BCUT2D eigenvalue weighted by atomic mass is 10.1. The normalized spacial score (nSPS) is 11.1. The number of carbonyl (C=O) groups excluding carboxylic acids is 1. The van der Waals surface area contributed by atoms with E-state index >= 15 is 0 Å². The topological polar surface area (TPSA) is 112 Å². The van der Waals surface area contributed by atoms with Gasteiger partial charge in [0.2, 0.25) is 11.6 Å². The van der Waals surface area contributed by atoms with Crippen molar-refractivity contribution in [3.63, 3.8) is 0 Å². The number of nitrogens with zero attached hydrogens (tertiary/aromatic N) is 1. The van der Waals surface area contributed by atoms with Gasteiger partial charge in [-0.15, -0.1) is 0 Å². The van der Waals surface area contributed by atoms with Crippen molar-refractivity contribution in [3.8, 4) is 23.1 Å². The van der Waals surface area contributed by atoms with Crippen LogP contribution in [-0.2, 0) is 6.42 Å². The zero-order valence-electron chi connectivity index (χ0n) is 18.2. The van der Waals surface area contributed by atoms with Gasteiger partial charge in [0.1, 0.15) is 24.5 Å². The van der Waals surface area contributed by atoms with E-state index in [1.54, 1.807) is 19.1 Å². The van der Waals surface area contributed by atoms with E-state index in [0.29, 0.717) is 23.0 Å². The Bertz CT molecular complexity index is 1390. The SMILES string of the molecule is CCc1ccc(F)c(F)c1OCCOc1cc2cc(-c3ncc(C(=O)O)o3)oc2cc1C(C)=O. The molecule has 0 aliphatic heterocycles. The fourth-order valence-corrected chi connectivity index (χ4v) is 3.35. The third-order valence-electron chi connectivity index (χ3n) is 5.02. The van der Waals surface area contributed by atoms with Crippen molar-refractivity contribution >= 4 is 22.7 Å². The second-order valence-electron chi connectivity index (χ2n) is 7.29. The molecule has 2 aromatic heterocycles. The van der Waals surface area contributed by atoms with E-state index in [9.17, 15) is 18.4 Å². The average Bonchev–Trinajstić information content (AvgIpc) is 3.45. The van der Waals surface area contributed by atoms with Gasteiger partial charge in [-0.1, -0.05) is 13.0 Å². The van der Waals surface area contributed by atoms with Crippen LogP contribution in [0.15, 0.2) is 45.4 Å². The van der Waals surface area contributed by atoms with Gasteiger partial charge in [-0.2, -0.15) is 4.39 Å². The molecule has 0 saturated carbocycles. The number of rotatable bonds is 9. The van der Waals surface area contributed by atoms with Gasteiger partial charge in [-0.05, 0) is 43.2 Å². The minimum Gasteiger partial charge on any atom is -0.489 e. The first kappa shape index (κ1) is 23.0. The Kier molecular flexibility index (Phi) is 6.31. The molecule has 4 rings (SSSR count). The Morgan fingerprint density at radius 1 is 1.09 bits per heavy atom. The van der Waals surface area contributed by atoms with Crippen LogP contribution in [0.25, 0.3) is 22.6 Å². The smallest absolute Gasteiger partial charge is 0.373 e. The van der Waals surface area contributed by atoms with Crippen molar-refractivity contribution in [3.05, 3.63) is 65.1 Å². The molecule has 10 heteroatoms. The standard InChI is InChI=1S/C24H19F2NO7/c1-3-13-4-5-16(25)21(26)22(13)32-7-6-31-18-8-14-9-19(23-27-11-20(34-23)24(29)30)33-17(14)10-15(18)12(2)28/h4-5,8-11H,3,6-7H2,1-2H3,(H,29,30). The first-order valence-corrected chi connectivity index (χ1v) is 10.3. The fourth-order valence-electron chi connectivity index (χ4n) is 3.35. The molecule has 4 aromatic rings. The number of aryl methyl sites for hydroxylation is 1. The van der Waals surface area contributed by atoms with Crippen LogP contribution < -0.4 is 9.47 Å². The first-order chi connectivity index (χ1) is 16.3. The first-order valence-electron chi connectivity index (χ1n) is 10.3. The highest BCUT2D eigenvalue weighted by atomic mass is 19.2. The van der Waals surface area contributed by atoms with Gasteiger partial charge in [-0.3, -0.25) is 4.79 Å². The molecule has 0 aliphatic carbocycles. The van der Waals surface area contributed by atoms with Crippen LogP contribution in [-0.4, -0.2) is 35.1 Å². The van der Waals surface area contributed by atoms with Crippen LogP contribution >= 0.6 is 0 Å². The van der Waals surface area contributed by atoms with Crippen molar-refractivity contribution in [2.45, 2.75) is 20.3 Å². The highest BCUT2D eigenvalue weighted by molar-refractivity contribution is 6.01. The summed E-state index contributed by atoms with van der Waals surface area (Å²) in [5.74, 6) is -3.75. The summed E-state index contributed by atoms with van der Waals surface area (Å²) in [5, 5.41) is 9.54. The number of hydrogen-bond acceptors (Lipinski definition) is 7. The van der Waals surface area contributed by atoms with E-state index in [1.807, 2.05) is 0 Å². The number of hydrogen-bond donors (Lipinski definition) is 1. The molecule has 0 bridgehead atoms. The van der Waals surface area contributed by atoms with Crippen LogP contribution in [0.3, 0.4) is 0 Å². The molecule has 1 N–H and O–H groups in total. The third kappa shape index (κ3) is 4.47. The molecular formula is C24H19F2NO7. The van der Waals surface area contributed by atoms with Crippen molar-refractivity contribution in [1.29, 1.82) is 0 Å². The number of oxazole rings is 1. The maximum atomic E-state index is 14.1. The van der Waals surface area contributed by atoms with Gasteiger partial charge in [0.15, 0.2) is 23.1 Å². The Labute approximate surface area is 191 Å². The predicted molar refractivity (Wildman–Crippen MR) is 115 cm³/mol. The highest BCUT2D eigenvalue weighted by Gasteiger charge is 2.19. The molecule has 0 aliphatic rings. The Morgan fingerprint density at radius 2 is 1.85 bits per heavy atom. The quantitative estimate of drug-likeness (QED) is 0.259. The molecule has 0 saturated heterocycles. The molecule has 0 radical (unpaired) electrons. The average molecular weight is 471 g/mol. The number of furan rings is 1. The van der Waals surface area contributed by atoms with Gasteiger partial charge < -0.3 is 23.4 Å². The lowest BCUT2D eigenvalue weighted by Crippen LogP contribution is -2.12. The van der Waals surface area contributed by atoms with E-state index in [2.05, 4.69) is 4.98 Å². The van der Waals surface area contributed by atoms with Crippen molar-refractivity contribution in [1.82, 2.24) is 4.98 Å². The van der Waals surface area contributed by atoms with Crippen molar-refractivity contribution in [2.75, 3.05) is 13.2 Å². The van der Waals surface area contributed by atoms with Gasteiger partial charge in [0.05, 0.1) is 11.8 Å². The monoisotopic (exact) mass is 471 g/mol. The summed E-state index contributed by atoms with van der Waals surface area (Å²) in [7, 11) is 0. The molecule has 176 valence electrons. The highest BCUT2D eigenvalue weighted by Crippen LogP contribution is 2.33. The van der Waals surface area contributed by atoms with Crippen LogP contribution in [0, 0.1) is 11.6 Å². The van der Waals surface area contributed by atoms with E-state index in [-0.39, 0.29) is 53.5 Å². The second kappa shape index (κ2) is 9.34. The Balaban J connectivity index is 1.54. The number of aromatic nitrogens is 1. The van der Waals surface area contributed by atoms with Crippen LogP contribution in [0.4, 0.5) is 8.78 Å². The molecule has 34 heavy (non-hydrogen) atoms. The van der Waals surface area contributed by atoms with Gasteiger partial charge in [-0.25, -0.2) is 14.2 Å². The van der Waals surface area contributed by atoms with Gasteiger partial charge in [0, 0.05) is 5.39 Å². The summed E-state index contributed by atoms with van der Waals surface area (Å²) in [4.78, 5) is 27.0. The van der Waals surface area contributed by atoms with E-state index < -0.39 is 17.6 Å². The van der Waals surface area contributed by atoms with E-state index in [1.165, 1.54) is 19.1 Å². The number of carboxylic acid groups (broad SMARTS) is 1. The largest absolute Gasteiger partial charge is 0.489 e. The van der Waals surface area contributed by atoms with Crippen LogP contribution in [0.1, 0.15) is 40.3 Å². The minimum absolute atomic E-state index is 0.0299. The zero-order chi connectivity index (χ0) is 24.4. The van der Waals surface area contributed by atoms with Gasteiger partial charge >= 0.3 is 5.97 Å². The number of ether oxygens (including phenoxy) is 2. The molecule has 0 fully saturated rings. The van der Waals surface area contributed by atoms with E-state index in [4.69, 9.17) is 23.4 Å². The summed E-state index contributed by atoms with van der Waals surface area (Å²) >= 11 is 0. The molecular weight excluding hydrogens is 452 g/mol. The number of carboxylic acids is 1. The Morgan fingerprint density at radius 3 is 2.53 bits per heavy atom. The molecule has 8 nitrogen and oxygen atoms in total. The summed E-state index contributed by atoms with van der Waals surface area (Å²) < 4.78 is 49.6. The van der Waals surface area contributed by atoms with Gasteiger partial charge in [0.25, 0.3) is 5.89 Å². The van der Waals surface area contributed by atoms with Crippen LogP contribution in [0.2, 0.25) is 0 Å². The number of ketones is 1. The molecule has 0 unspecified atom stereocenters. The lowest BCUT2D eigenvalue weighted by molar-refractivity contribution is 0.0663. The Hall–Kier alpha value is -4.21. The molecule has 0 spiro atoms. The number of halogens is 2. The molecule has 2 heterocycles. The van der Waals surface area contributed by atoms with Crippen LogP contribution in [0.5, 0.6) is 11.5 Å². The summed E-state index contributed by atoms with van der Waals surface area (Å²) in [6.07, 6.45) is 1.52. The number of Topliss-reactive ketones (excluding diaryl/α,β-unsaturated/α-hetero) is 1. The maximum Gasteiger partial charge on any atom is 0.373 e. The summed E-state index contributed by atoms with van der Waals surface area (Å²) in [5.41, 5.74) is 1.10. The number of carbonyl (C=O) groups is 2. The molecule has 2 aromatic carbocycles. The summed E-state index contributed by atoms with van der Waals surface area (Å²) in [6, 6.07) is 7.13. The maximum absolute atomic E-state index is 14.1. The zero-order valence-corrected chi connectivity index (χ0v) is 18.2. The number of fused-ring (bicyclic) bond motifs is 1. The van der Waals surface area contributed by atoms with E-state index in [0.717, 1.165) is 12.3 Å². The number of aromatic carboxylic acids is 1. The number of benzene rings is 2. The second-order valence-corrected chi connectivity index (χ2v) is 7.29. The van der Waals surface area contributed by atoms with Crippen molar-refractivity contribution in [2.24, 2.45) is 0 Å². The van der Waals surface area contributed by atoms with Crippen molar-refractivity contribution < 1.29 is 41.8 Å². The molecule has 0 atom stereocenters. The minimum atomic E-state index is -1.27. The fraction of sp³-hybridized carbons (Fsp3) is 0.208. The molecule has 0 amide bonds. The third-order valence-corrected chi connectivity index (χ3v) is 5.02.